The van der Waals surface area contributed by atoms with Crippen molar-refractivity contribution in [2.24, 2.45) is 5.92 Å². The summed E-state index contributed by atoms with van der Waals surface area (Å²) in [7, 11) is 0. The molecule has 1 atom stereocenters. The minimum absolute atomic E-state index is 0.0898. The molecule has 1 aromatic rings. The van der Waals surface area contributed by atoms with E-state index < -0.39 is 0 Å². The lowest BCUT2D eigenvalue weighted by atomic mass is 10.1. The molecule has 0 bridgehead atoms. The van der Waals surface area contributed by atoms with Gasteiger partial charge in [0.05, 0.1) is 5.56 Å². The van der Waals surface area contributed by atoms with Crippen molar-refractivity contribution in [3.8, 4) is 0 Å². The number of carbonyl (C=O) groups is 1. The minimum Gasteiger partial charge on any atom is -0.398 e. The van der Waals surface area contributed by atoms with Gasteiger partial charge >= 0.3 is 0 Å². The zero-order valence-corrected chi connectivity index (χ0v) is 11.9. The van der Waals surface area contributed by atoms with E-state index in [1.807, 2.05) is 23.1 Å². The normalized spacial score (nSPS) is 23.4. The lowest BCUT2D eigenvalue weighted by Gasteiger charge is -2.21. The summed E-state index contributed by atoms with van der Waals surface area (Å²) in [4.78, 5) is 17.0. The van der Waals surface area contributed by atoms with Gasteiger partial charge in [-0.3, -0.25) is 4.79 Å². The molecule has 2 heterocycles. The monoisotopic (exact) mass is 273 g/mol. The molecule has 0 spiro atoms. The topological polar surface area (TPSA) is 49.6 Å². The van der Waals surface area contributed by atoms with Crippen LogP contribution in [0.1, 0.15) is 29.6 Å². The maximum absolute atomic E-state index is 12.5. The van der Waals surface area contributed by atoms with E-state index in [-0.39, 0.29) is 5.91 Å². The second-order valence-electron chi connectivity index (χ2n) is 6.00. The number of anilines is 1. The van der Waals surface area contributed by atoms with Gasteiger partial charge in [0, 0.05) is 25.3 Å². The summed E-state index contributed by atoms with van der Waals surface area (Å²) in [5.74, 6) is 0.717. The molecule has 2 aliphatic heterocycles. The fraction of sp³-hybridized carbons (Fsp3) is 0.562. The molecule has 0 saturated carbocycles. The Kier molecular flexibility index (Phi) is 3.92. The van der Waals surface area contributed by atoms with Crippen molar-refractivity contribution in [1.29, 1.82) is 0 Å². The number of carbonyl (C=O) groups excluding carboxylic acids is 1. The van der Waals surface area contributed by atoms with E-state index in [1.54, 1.807) is 6.07 Å². The molecule has 1 aromatic carbocycles. The maximum Gasteiger partial charge on any atom is 0.255 e. The Morgan fingerprint density at radius 3 is 2.70 bits per heavy atom. The highest BCUT2D eigenvalue weighted by molar-refractivity contribution is 5.99. The van der Waals surface area contributed by atoms with Gasteiger partial charge in [-0.05, 0) is 50.4 Å². The number of likely N-dealkylation sites (tertiary alicyclic amines) is 2. The van der Waals surface area contributed by atoms with Crippen LogP contribution in [0, 0.1) is 5.92 Å². The third kappa shape index (κ3) is 2.80. The standard InChI is InChI=1S/C16H23N3O/c17-15-6-2-1-5-14(15)16(20)19-10-7-13(12-19)11-18-8-3-4-9-18/h1-2,5-6,13H,3-4,7-12,17H2. The van der Waals surface area contributed by atoms with Gasteiger partial charge < -0.3 is 15.5 Å². The lowest BCUT2D eigenvalue weighted by molar-refractivity contribution is 0.0785. The van der Waals surface area contributed by atoms with Crippen LogP contribution in [-0.4, -0.2) is 48.4 Å². The number of para-hydroxylation sites is 1. The van der Waals surface area contributed by atoms with Crippen LogP contribution in [0.25, 0.3) is 0 Å². The third-order valence-corrected chi connectivity index (χ3v) is 4.48. The van der Waals surface area contributed by atoms with E-state index in [1.165, 1.54) is 25.9 Å². The smallest absolute Gasteiger partial charge is 0.255 e. The first-order chi connectivity index (χ1) is 9.74. The van der Waals surface area contributed by atoms with Crippen molar-refractivity contribution < 1.29 is 4.79 Å². The molecule has 108 valence electrons. The molecule has 0 radical (unpaired) electrons. The highest BCUT2D eigenvalue weighted by Crippen LogP contribution is 2.23. The highest BCUT2D eigenvalue weighted by Gasteiger charge is 2.29. The summed E-state index contributed by atoms with van der Waals surface area (Å²) in [5.41, 5.74) is 7.13. The molecule has 1 unspecified atom stereocenters. The minimum atomic E-state index is 0.0898. The summed E-state index contributed by atoms with van der Waals surface area (Å²) >= 11 is 0. The number of nitrogens with two attached hydrogens (primary N) is 1. The second kappa shape index (κ2) is 5.83. The molecule has 2 fully saturated rings. The number of hydrogen-bond donors (Lipinski definition) is 1. The van der Waals surface area contributed by atoms with Gasteiger partial charge in [-0.2, -0.15) is 0 Å². The molecule has 2 aliphatic rings. The fourth-order valence-corrected chi connectivity index (χ4v) is 3.36. The first-order valence-corrected chi connectivity index (χ1v) is 7.60. The number of amides is 1. The van der Waals surface area contributed by atoms with Crippen LogP contribution >= 0.6 is 0 Å². The number of benzene rings is 1. The van der Waals surface area contributed by atoms with Crippen LogP contribution in [0.5, 0.6) is 0 Å². The van der Waals surface area contributed by atoms with Crippen LogP contribution in [0.2, 0.25) is 0 Å². The fourth-order valence-electron chi connectivity index (χ4n) is 3.36. The van der Waals surface area contributed by atoms with E-state index >= 15 is 0 Å². The largest absolute Gasteiger partial charge is 0.398 e. The van der Waals surface area contributed by atoms with E-state index in [2.05, 4.69) is 4.90 Å². The Morgan fingerprint density at radius 2 is 1.95 bits per heavy atom. The Bertz CT molecular complexity index is 482. The van der Waals surface area contributed by atoms with Gasteiger partial charge in [0.1, 0.15) is 0 Å². The number of rotatable bonds is 3. The Labute approximate surface area is 120 Å². The molecule has 1 amide bonds. The summed E-state index contributed by atoms with van der Waals surface area (Å²) in [6, 6.07) is 7.37. The summed E-state index contributed by atoms with van der Waals surface area (Å²) in [6.45, 7) is 5.36. The van der Waals surface area contributed by atoms with Crippen molar-refractivity contribution in [3.63, 3.8) is 0 Å². The maximum atomic E-state index is 12.5. The predicted molar refractivity (Wildman–Crippen MR) is 80.5 cm³/mol. The zero-order chi connectivity index (χ0) is 13.9. The van der Waals surface area contributed by atoms with Crippen molar-refractivity contribution in [2.45, 2.75) is 19.3 Å². The SMILES string of the molecule is Nc1ccccc1C(=O)N1CCC(CN2CCCC2)C1. The molecular weight excluding hydrogens is 250 g/mol. The average Bonchev–Trinajstić information content (AvgIpc) is 3.11. The molecule has 0 aromatic heterocycles. The van der Waals surface area contributed by atoms with Gasteiger partial charge in [0.15, 0.2) is 0 Å². The number of nitrogens with zero attached hydrogens (tertiary/aromatic N) is 2. The van der Waals surface area contributed by atoms with Gasteiger partial charge in [-0.15, -0.1) is 0 Å². The van der Waals surface area contributed by atoms with E-state index in [9.17, 15) is 4.79 Å². The molecule has 0 aliphatic carbocycles. The molecular formula is C16H23N3O. The molecule has 4 heteroatoms. The van der Waals surface area contributed by atoms with Crippen LogP contribution in [0.15, 0.2) is 24.3 Å². The lowest BCUT2D eigenvalue weighted by Crippen LogP contribution is -2.32. The van der Waals surface area contributed by atoms with Gasteiger partial charge in [-0.25, -0.2) is 0 Å². The molecule has 3 rings (SSSR count). The third-order valence-electron chi connectivity index (χ3n) is 4.48. The first-order valence-electron chi connectivity index (χ1n) is 7.60. The van der Waals surface area contributed by atoms with Crippen molar-refractivity contribution in [2.75, 3.05) is 38.5 Å². The predicted octanol–water partition coefficient (Wildman–Crippen LogP) is 1.83. The second-order valence-corrected chi connectivity index (χ2v) is 6.00. The molecule has 4 nitrogen and oxygen atoms in total. The van der Waals surface area contributed by atoms with Crippen LogP contribution in [-0.2, 0) is 0 Å². The Morgan fingerprint density at radius 1 is 1.20 bits per heavy atom. The highest BCUT2D eigenvalue weighted by atomic mass is 16.2. The first kappa shape index (κ1) is 13.4. The molecule has 20 heavy (non-hydrogen) atoms. The zero-order valence-electron chi connectivity index (χ0n) is 11.9. The van der Waals surface area contributed by atoms with Gasteiger partial charge in [-0.1, -0.05) is 12.1 Å². The molecule has 2 N–H and O–H groups in total. The Hall–Kier alpha value is -1.55. The molecule has 2 saturated heterocycles. The summed E-state index contributed by atoms with van der Waals surface area (Å²) in [5, 5.41) is 0. The van der Waals surface area contributed by atoms with E-state index in [0.717, 1.165) is 26.1 Å². The quantitative estimate of drug-likeness (QED) is 0.855. The van der Waals surface area contributed by atoms with Crippen molar-refractivity contribution in [3.05, 3.63) is 29.8 Å². The van der Waals surface area contributed by atoms with Gasteiger partial charge in [0.25, 0.3) is 5.91 Å². The number of hydrogen-bond acceptors (Lipinski definition) is 3. The average molecular weight is 273 g/mol. The van der Waals surface area contributed by atoms with E-state index in [0.29, 0.717) is 17.2 Å². The van der Waals surface area contributed by atoms with Crippen LogP contribution in [0.4, 0.5) is 5.69 Å². The van der Waals surface area contributed by atoms with E-state index in [4.69, 9.17) is 5.73 Å². The van der Waals surface area contributed by atoms with Crippen molar-refractivity contribution >= 4 is 11.6 Å². The Balaban J connectivity index is 1.59. The summed E-state index contributed by atoms with van der Waals surface area (Å²) < 4.78 is 0. The van der Waals surface area contributed by atoms with Crippen LogP contribution < -0.4 is 5.73 Å². The van der Waals surface area contributed by atoms with Gasteiger partial charge in [0.2, 0.25) is 0 Å². The van der Waals surface area contributed by atoms with Crippen molar-refractivity contribution in [1.82, 2.24) is 9.80 Å². The number of nitrogen functional groups attached to an aromatic ring is 1. The van der Waals surface area contributed by atoms with Crippen LogP contribution in [0.3, 0.4) is 0 Å². The summed E-state index contributed by atoms with van der Waals surface area (Å²) in [6.07, 6.45) is 3.78.